The van der Waals surface area contributed by atoms with E-state index in [1.807, 2.05) is 12.1 Å². The van der Waals surface area contributed by atoms with Crippen LogP contribution >= 0.6 is 0 Å². The van der Waals surface area contributed by atoms with E-state index < -0.39 is 17.9 Å². The van der Waals surface area contributed by atoms with Gasteiger partial charge in [0.05, 0.1) is 23.3 Å². The molecule has 0 aliphatic rings. The number of carbonyl (C=O) groups is 1. The smallest absolute Gasteiger partial charge is 0.347 e. The van der Waals surface area contributed by atoms with Crippen LogP contribution < -0.4 is 4.74 Å². The van der Waals surface area contributed by atoms with Crippen molar-refractivity contribution in [2.24, 2.45) is 0 Å². The summed E-state index contributed by atoms with van der Waals surface area (Å²) in [6.07, 6.45) is -0.889. The molecule has 0 unspecified atom stereocenters. The average Bonchev–Trinajstić information content (AvgIpc) is 2.60. The number of esters is 1. The largest absolute Gasteiger partial charge is 0.479 e. The van der Waals surface area contributed by atoms with Crippen molar-refractivity contribution in [1.82, 2.24) is 0 Å². The van der Waals surface area contributed by atoms with Crippen molar-refractivity contribution in [1.29, 1.82) is 10.5 Å². The van der Waals surface area contributed by atoms with Crippen LogP contribution in [0.4, 0.5) is 4.39 Å². The second-order valence-electron chi connectivity index (χ2n) is 4.92. The third-order valence-corrected chi connectivity index (χ3v) is 3.18. The summed E-state index contributed by atoms with van der Waals surface area (Å²) in [6, 6.07) is 14.0. The number of nitriles is 2. The first-order chi connectivity index (χ1) is 11.5. The molecule has 0 aliphatic heterocycles. The number of carbonyl (C=O) groups excluding carboxylic acids is 1. The topological polar surface area (TPSA) is 83.1 Å². The van der Waals surface area contributed by atoms with Crippen molar-refractivity contribution in [3.05, 3.63) is 65.0 Å². The lowest BCUT2D eigenvalue weighted by Crippen LogP contribution is -2.26. The molecule has 2 aromatic rings. The van der Waals surface area contributed by atoms with Crippen molar-refractivity contribution in [3.63, 3.8) is 0 Å². The Morgan fingerprint density at radius 3 is 2.33 bits per heavy atom. The quantitative estimate of drug-likeness (QED) is 0.789. The van der Waals surface area contributed by atoms with E-state index in [1.54, 1.807) is 24.3 Å². The minimum Gasteiger partial charge on any atom is -0.479 e. The normalized spacial score (nSPS) is 11.0. The standard InChI is InChI=1S/C18H13FN2O3/c1-12(24-16-6-3-13(9-20)4-7-16)18(22)23-11-15-5-2-14(10-21)8-17(15)19/h2-8,12H,11H2,1H3/t12-/m1/s1. The first-order valence-electron chi connectivity index (χ1n) is 7.05. The zero-order chi connectivity index (χ0) is 17.5. The number of rotatable bonds is 5. The molecule has 0 radical (unpaired) electrons. The number of hydrogen-bond donors (Lipinski definition) is 0. The summed E-state index contributed by atoms with van der Waals surface area (Å²) in [5, 5.41) is 17.4. The van der Waals surface area contributed by atoms with Gasteiger partial charge in [-0.3, -0.25) is 0 Å². The summed E-state index contributed by atoms with van der Waals surface area (Å²) >= 11 is 0. The fraction of sp³-hybridized carbons (Fsp3) is 0.167. The van der Waals surface area contributed by atoms with E-state index in [0.29, 0.717) is 11.3 Å². The minimum atomic E-state index is -0.889. The van der Waals surface area contributed by atoms with E-state index in [9.17, 15) is 9.18 Å². The molecule has 2 aromatic carbocycles. The molecule has 2 rings (SSSR count). The fourth-order valence-electron chi connectivity index (χ4n) is 1.86. The van der Waals surface area contributed by atoms with Gasteiger partial charge in [-0.25, -0.2) is 9.18 Å². The molecule has 0 heterocycles. The third kappa shape index (κ3) is 4.31. The third-order valence-electron chi connectivity index (χ3n) is 3.18. The lowest BCUT2D eigenvalue weighted by atomic mass is 10.1. The molecule has 0 aromatic heterocycles. The summed E-state index contributed by atoms with van der Waals surface area (Å²) in [6.45, 7) is 1.26. The van der Waals surface area contributed by atoms with Crippen LogP contribution in [0.3, 0.4) is 0 Å². The van der Waals surface area contributed by atoms with Crippen LogP contribution in [-0.4, -0.2) is 12.1 Å². The van der Waals surface area contributed by atoms with Gasteiger partial charge in [0.1, 0.15) is 18.2 Å². The molecular weight excluding hydrogens is 311 g/mol. The van der Waals surface area contributed by atoms with Gasteiger partial charge in [0.25, 0.3) is 0 Å². The molecule has 5 nitrogen and oxygen atoms in total. The van der Waals surface area contributed by atoms with E-state index in [1.165, 1.54) is 19.1 Å². The lowest BCUT2D eigenvalue weighted by Gasteiger charge is -2.14. The average molecular weight is 324 g/mol. The van der Waals surface area contributed by atoms with Gasteiger partial charge in [0.15, 0.2) is 6.10 Å². The predicted molar refractivity (Wildman–Crippen MR) is 82.2 cm³/mol. The number of benzene rings is 2. The van der Waals surface area contributed by atoms with Gasteiger partial charge in [0.2, 0.25) is 0 Å². The molecule has 6 heteroatoms. The maximum Gasteiger partial charge on any atom is 0.347 e. The number of ether oxygens (including phenoxy) is 2. The molecule has 1 atom stereocenters. The highest BCUT2D eigenvalue weighted by atomic mass is 19.1. The summed E-state index contributed by atoms with van der Waals surface area (Å²) in [5.41, 5.74) is 0.849. The minimum absolute atomic E-state index is 0.174. The first kappa shape index (κ1) is 17.0. The van der Waals surface area contributed by atoms with E-state index in [2.05, 4.69) is 0 Å². The lowest BCUT2D eigenvalue weighted by molar-refractivity contribution is -0.152. The number of nitrogens with zero attached hydrogens (tertiary/aromatic N) is 2. The molecule has 0 bridgehead atoms. The molecule has 0 saturated heterocycles. The molecule has 0 spiro atoms. The van der Waals surface area contributed by atoms with Crippen molar-refractivity contribution >= 4 is 5.97 Å². The fourth-order valence-corrected chi connectivity index (χ4v) is 1.86. The van der Waals surface area contributed by atoms with Gasteiger partial charge in [-0.1, -0.05) is 6.07 Å². The zero-order valence-electron chi connectivity index (χ0n) is 12.8. The highest BCUT2D eigenvalue weighted by Crippen LogP contribution is 2.15. The first-order valence-corrected chi connectivity index (χ1v) is 7.05. The molecule has 24 heavy (non-hydrogen) atoms. The van der Waals surface area contributed by atoms with Crippen molar-refractivity contribution in [3.8, 4) is 17.9 Å². The Hall–Kier alpha value is -3.38. The molecule has 0 saturated carbocycles. The Morgan fingerprint density at radius 2 is 1.75 bits per heavy atom. The Labute approximate surface area is 138 Å². The van der Waals surface area contributed by atoms with Gasteiger partial charge in [-0.15, -0.1) is 0 Å². The van der Waals surface area contributed by atoms with Gasteiger partial charge < -0.3 is 9.47 Å². The van der Waals surface area contributed by atoms with Crippen LogP contribution in [0.2, 0.25) is 0 Å². The predicted octanol–water partition coefficient (Wildman–Crippen LogP) is 3.08. The van der Waals surface area contributed by atoms with Crippen LogP contribution in [0.15, 0.2) is 42.5 Å². The monoisotopic (exact) mass is 324 g/mol. The molecule has 120 valence electrons. The zero-order valence-corrected chi connectivity index (χ0v) is 12.8. The summed E-state index contributed by atoms with van der Waals surface area (Å²) in [4.78, 5) is 11.9. The van der Waals surface area contributed by atoms with Crippen LogP contribution in [0.5, 0.6) is 5.75 Å². The van der Waals surface area contributed by atoms with Crippen LogP contribution in [0.1, 0.15) is 23.6 Å². The number of hydrogen-bond acceptors (Lipinski definition) is 5. The van der Waals surface area contributed by atoms with E-state index in [0.717, 1.165) is 6.07 Å². The maximum absolute atomic E-state index is 13.7. The summed E-state index contributed by atoms with van der Waals surface area (Å²) in [7, 11) is 0. The highest BCUT2D eigenvalue weighted by Gasteiger charge is 2.17. The van der Waals surface area contributed by atoms with Gasteiger partial charge in [0, 0.05) is 5.56 Å². The molecule has 0 amide bonds. The van der Waals surface area contributed by atoms with E-state index in [4.69, 9.17) is 20.0 Å². The van der Waals surface area contributed by atoms with Crippen LogP contribution in [0, 0.1) is 28.5 Å². The van der Waals surface area contributed by atoms with Gasteiger partial charge >= 0.3 is 5.97 Å². The molecule has 0 fully saturated rings. The Kier molecular flexibility index (Phi) is 5.49. The summed E-state index contributed by atoms with van der Waals surface area (Å²) in [5.74, 6) is -0.839. The van der Waals surface area contributed by atoms with Crippen molar-refractivity contribution in [2.75, 3.05) is 0 Å². The van der Waals surface area contributed by atoms with Crippen LogP contribution in [-0.2, 0) is 16.1 Å². The van der Waals surface area contributed by atoms with E-state index >= 15 is 0 Å². The Morgan fingerprint density at radius 1 is 1.12 bits per heavy atom. The van der Waals surface area contributed by atoms with Crippen molar-refractivity contribution < 1.29 is 18.7 Å². The van der Waals surface area contributed by atoms with Gasteiger partial charge in [-0.2, -0.15) is 10.5 Å². The Balaban J connectivity index is 1.92. The van der Waals surface area contributed by atoms with Crippen molar-refractivity contribution in [2.45, 2.75) is 19.6 Å². The van der Waals surface area contributed by atoms with Crippen LogP contribution in [0.25, 0.3) is 0 Å². The molecule has 0 N–H and O–H groups in total. The second-order valence-corrected chi connectivity index (χ2v) is 4.92. The highest BCUT2D eigenvalue weighted by molar-refractivity contribution is 5.74. The Bertz CT molecular complexity index is 820. The SMILES string of the molecule is C[C@@H](Oc1ccc(C#N)cc1)C(=O)OCc1ccc(C#N)cc1F. The molecule has 0 aliphatic carbocycles. The summed E-state index contributed by atoms with van der Waals surface area (Å²) < 4.78 is 24.1. The second kappa shape index (κ2) is 7.75. The van der Waals surface area contributed by atoms with Gasteiger partial charge in [-0.05, 0) is 43.3 Å². The number of halogens is 1. The molecular formula is C18H13FN2O3. The van der Waals surface area contributed by atoms with E-state index in [-0.39, 0.29) is 17.7 Å². The maximum atomic E-state index is 13.7.